The molecule has 1 N–H and O–H groups in total. The van der Waals surface area contributed by atoms with Crippen LogP contribution < -0.4 is 5.32 Å². The monoisotopic (exact) mass is 317 g/mol. The van der Waals surface area contributed by atoms with Crippen LogP contribution >= 0.6 is 0 Å². The molecule has 1 aromatic heterocycles. The second kappa shape index (κ2) is 7.28. The third-order valence-electron chi connectivity index (χ3n) is 4.01. The van der Waals surface area contributed by atoms with Crippen LogP contribution in [0.1, 0.15) is 11.3 Å². The maximum atomic E-state index is 13.7. The number of hydrogen-bond acceptors (Lipinski definition) is 3. The normalized spacial score (nSPS) is 15.6. The highest BCUT2D eigenvalue weighted by molar-refractivity contribution is 5.74. The smallest absolute Gasteiger partial charge is 0.317 e. The molecular formula is C17H20FN3O2. The second-order valence-corrected chi connectivity index (χ2v) is 5.59. The van der Waals surface area contributed by atoms with Gasteiger partial charge in [0, 0.05) is 38.3 Å². The highest BCUT2D eigenvalue weighted by Crippen LogP contribution is 2.12. The number of nitrogens with one attached hydrogen (secondary N) is 1. The molecule has 3 rings (SSSR count). The van der Waals surface area contributed by atoms with Crippen molar-refractivity contribution in [2.24, 2.45) is 0 Å². The third-order valence-corrected chi connectivity index (χ3v) is 4.01. The van der Waals surface area contributed by atoms with Gasteiger partial charge in [-0.1, -0.05) is 18.2 Å². The Kier molecular flexibility index (Phi) is 4.92. The van der Waals surface area contributed by atoms with Crippen molar-refractivity contribution in [1.82, 2.24) is 15.1 Å². The van der Waals surface area contributed by atoms with E-state index in [1.807, 2.05) is 12.1 Å². The molecule has 1 aliphatic rings. The largest absolute Gasteiger partial charge is 0.467 e. The fraction of sp³-hybridized carbons (Fsp3) is 0.353. The van der Waals surface area contributed by atoms with E-state index in [9.17, 15) is 9.18 Å². The van der Waals surface area contributed by atoms with Crippen molar-refractivity contribution < 1.29 is 13.6 Å². The molecule has 0 unspecified atom stereocenters. The lowest BCUT2D eigenvalue weighted by Gasteiger charge is -2.34. The number of rotatable bonds is 4. The predicted molar refractivity (Wildman–Crippen MR) is 84.2 cm³/mol. The van der Waals surface area contributed by atoms with E-state index in [1.54, 1.807) is 29.4 Å². The van der Waals surface area contributed by atoms with Gasteiger partial charge in [-0.05, 0) is 18.2 Å². The minimum atomic E-state index is -0.175. The Labute approximate surface area is 134 Å². The molecule has 0 saturated carbocycles. The second-order valence-electron chi connectivity index (χ2n) is 5.59. The predicted octanol–water partition coefficient (Wildman–Crippen LogP) is 2.45. The lowest BCUT2D eigenvalue weighted by Crippen LogP contribution is -2.51. The molecule has 2 amide bonds. The van der Waals surface area contributed by atoms with Crippen molar-refractivity contribution in [2.45, 2.75) is 13.1 Å². The van der Waals surface area contributed by atoms with Crippen molar-refractivity contribution in [3.63, 3.8) is 0 Å². The maximum Gasteiger partial charge on any atom is 0.317 e. The van der Waals surface area contributed by atoms with Crippen LogP contribution in [0.4, 0.5) is 9.18 Å². The summed E-state index contributed by atoms with van der Waals surface area (Å²) in [5, 5.41) is 2.84. The average molecular weight is 317 g/mol. The molecule has 0 bridgehead atoms. The molecular weight excluding hydrogens is 297 g/mol. The highest BCUT2D eigenvalue weighted by Gasteiger charge is 2.21. The van der Waals surface area contributed by atoms with Crippen LogP contribution in [-0.2, 0) is 13.1 Å². The van der Waals surface area contributed by atoms with E-state index in [0.29, 0.717) is 31.7 Å². The van der Waals surface area contributed by atoms with Crippen LogP contribution in [0.25, 0.3) is 0 Å². The maximum absolute atomic E-state index is 13.7. The first-order valence-electron chi connectivity index (χ1n) is 7.73. The summed E-state index contributed by atoms with van der Waals surface area (Å²) in [6.07, 6.45) is 1.59. The van der Waals surface area contributed by atoms with E-state index in [2.05, 4.69) is 10.2 Å². The number of urea groups is 1. The van der Waals surface area contributed by atoms with E-state index >= 15 is 0 Å². The van der Waals surface area contributed by atoms with Gasteiger partial charge in [-0.3, -0.25) is 4.90 Å². The summed E-state index contributed by atoms with van der Waals surface area (Å²) in [4.78, 5) is 16.0. The number of hydrogen-bond donors (Lipinski definition) is 1. The van der Waals surface area contributed by atoms with Crippen molar-refractivity contribution in [2.75, 3.05) is 26.2 Å². The topological polar surface area (TPSA) is 48.7 Å². The number of halogens is 1. The Bertz CT molecular complexity index is 637. The van der Waals surface area contributed by atoms with Gasteiger partial charge in [0.2, 0.25) is 0 Å². The molecule has 1 fully saturated rings. The van der Waals surface area contributed by atoms with Gasteiger partial charge in [0.15, 0.2) is 0 Å². The number of benzene rings is 1. The first-order valence-corrected chi connectivity index (χ1v) is 7.73. The van der Waals surface area contributed by atoms with Gasteiger partial charge < -0.3 is 14.6 Å². The number of carbonyl (C=O) groups excluding carboxylic acids is 1. The fourth-order valence-corrected chi connectivity index (χ4v) is 2.66. The molecule has 1 saturated heterocycles. The SMILES string of the molecule is O=C(NCc1ccco1)N1CCN(Cc2ccccc2F)CC1. The summed E-state index contributed by atoms with van der Waals surface area (Å²) in [7, 11) is 0. The third kappa shape index (κ3) is 4.10. The first kappa shape index (κ1) is 15.6. The summed E-state index contributed by atoms with van der Waals surface area (Å²) in [6.45, 7) is 3.72. The van der Waals surface area contributed by atoms with Gasteiger partial charge in [-0.15, -0.1) is 0 Å². The van der Waals surface area contributed by atoms with Crippen molar-refractivity contribution in [3.05, 3.63) is 59.8 Å². The standard InChI is InChI=1S/C17H20FN3O2/c18-16-6-2-1-4-14(16)13-20-7-9-21(10-8-20)17(22)19-12-15-5-3-11-23-15/h1-6,11H,7-10,12-13H2,(H,19,22). The van der Waals surface area contributed by atoms with Crippen LogP contribution in [0.15, 0.2) is 47.1 Å². The summed E-state index contributed by atoms with van der Waals surface area (Å²) in [5.41, 5.74) is 0.697. The highest BCUT2D eigenvalue weighted by atomic mass is 19.1. The fourth-order valence-electron chi connectivity index (χ4n) is 2.66. The minimum Gasteiger partial charge on any atom is -0.467 e. The Morgan fingerprint density at radius 2 is 1.91 bits per heavy atom. The van der Waals surface area contributed by atoms with Crippen molar-refractivity contribution in [3.8, 4) is 0 Å². The van der Waals surface area contributed by atoms with Gasteiger partial charge in [0.25, 0.3) is 0 Å². The molecule has 2 heterocycles. The van der Waals surface area contributed by atoms with Crippen LogP contribution in [0.3, 0.4) is 0 Å². The summed E-state index contributed by atoms with van der Waals surface area (Å²) in [6, 6.07) is 10.4. The van der Waals surface area contributed by atoms with Gasteiger partial charge in [0.1, 0.15) is 11.6 Å². The van der Waals surface area contributed by atoms with Crippen LogP contribution in [0.2, 0.25) is 0 Å². The quantitative estimate of drug-likeness (QED) is 0.942. The van der Waals surface area contributed by atoms with Gasteiger partial charge in [-0.25, -0.2) is 9.18 Å². The molecule has 23 heavy (non-hydrogen) atoms. The molecule has 122 valence electrons. The number of piperazine rings is 1. The Hall–Kier alpha value is -2.34. The molecule has 5 nitrogen and oxygen atoms in total. The number of carbonyl (C=O) groups is 1. The molecule has 1 aliphatic heterocycles. The van der Waals surface area contributed by atoms with E-state index in [1.165, 1.54) is 6.07 Å². The van der Waals surface area contributed by atoms with E-state index in [4.69, 9.17) is 4.42 Å². The zero-order valence-corrected chi connectivity index (χ0v) is 12.9. The van der Waals surface area contributed by atoms with Gasteiger partial charge in [0.05, 0.1) is 12.8 Å². The molecule has 0 radical (unpaired) electrons. The Morgan fingerprint density at radius 3 is 2.61 bits per heavy atom. The summed E-state index contributed by atoms with van der Waals surface area (Å²) < 4.78 is 18.9. The lowest BCUT2D eigenvalue weighted by molar-refractivity contribution is 0.134. The van der Waals surface area contributed by atoms with E-state index < -0.39 is 0 Å². The van der Waals surface area contributed by atoms with Crippen molar-refractivity contribution in [1.29, 1.82) is 0 Å². The molecule has 0 atom stereocenters. The first-order chi connectivity index (χ1) is 11.2. The molecule has 6 heteroatoms. The zero-order chi connectivity index (χ0) is 16.1. The Morgan fingerprint density at radius 1 is 1.13 bits per heavy atom. The lowest BCUT2D eigenvalue weighted by atomic mass is 10.2. The number of nitrogens with zero attached hydrogens (tertiary/aromatic N) is 2. The van der Waals surface area contributed by atoms with E-state index in [-0.39, 0.29) is 11.8 Å². The molecule has 2 aromatic rings. The summed E-state index contributed by atoms with van der Waals surface area (Å²) >= 11 is 0. The molecule has 0 aliphatic carbocycles. The average Bonchev–Trinajstić information content (AvgIpc) is 3.09. The summed E-state index contributed by atoms with van der Waals surface area (Å²) in [5.74, 6) is 0.558. The number of amides is 2. The van der Waals surface area contributed by atoms with Gasteiger partial charge in [-0.2, -0.15) is 0 Å². The minimum absolute atomic E-state index is 0.0908. The number of furan rings is 1. The van der Waals surface area contributed by atoms with E-state index in [0.717, 1.165) is 18.8 Å². The van der Waals surface area contributed by atoms with Crippen LogP contribution in [0, 0.1) is 5.82 Å². The zero-order valence-electron chi connectivity index (χ0n) is 12.9. The van der Waals surface area contributed by atoms with Crippen LogP contribution in [0.5, 0.6) is 0 Å². The van der Waals surface area contributed by atoms with Gasteiger partial charge >= 0.3 is 6.03 Å². The van der Waals surface area contributed by atoms with Crippen LogP contribution in [-0.4, -0.2) is 42.0 Å². The Balaban J connectivity index is 1.44. The van der Waals surface area contributed by atoms with Crippen molar-refractivity contribution >= 4 is 6.03 Å². The molecule has 0 spiro atoms. The molecule has 1 aromatic carbocycles.